The molecule has 0 saturated heterocycles. The van der Waals surface area contributed by atoms with Crippen LogP contribution in [0.5, 0.6) is 0 Å². The highest BCUT2D eigenvalue weighted by atomic mass is 79.9. The Morgan fingerprint density at radius 1 is 1.64 bits per heavy atom. The molecule has 0 spiro atoms. The van der Waals surface area contributed by atoms with Crippen LogP contribution in [-0.4, -0.2) is 33.3 Å². The van der Waals surface area contributed by atoms with Gasteiger partial charge in [0.15, 0.2) is 4.51 Å². The lowest BCUT2D eigenvalue weighted by atomic mass is 10.0. The number of aliphatic hydroxyl groups excluding tert-OH is 1. The first-order chi connectivity index (χ1) is 6.41. The number of methoxy groups -OCH3 is 1. The third-order valence-electron chi connectivity index (χ3n) is 1.84. The Morgan fingerprint density at radius 2 is 2.21 bits per heavy atom. The van der Waals surface area contributed by atoms with Gasteiger partial charge >= 0.3 is 0 Å². The molecular formula is C8H9Br3O3. The third-order valence-corrected chi connectivity index (χ3v) is 6.02. The summed E-state index contributed by atoms with van der Waals surface area (Å²) in [5.74, 6) is -0.144. The molecule has 0 bridgehead atoms. The molecule has 0 aliphatic heterocycles. The zero-order valence-corrected chi connectivity index (χ0v) is 12.1. The lowest BCUT2D eigenvalue weighted by Crippen LogP contribution is -2.37. The fourth-order valence-electron chi connectivity index (χ4n) is 1.06. The highest BCUT2D eigenvalue weighted by molar-refractivity contribution is 9.15. The van der Waals surface area contributed by atoms with Gasteiger partial charge in [-0.1, -0.05) is 31.9 Å². The molecule has 14 heavy (non-hydrogen) atoms. The first-order valence-corrected chi connectivity index (χ1v) is 6.25. The molecule has 0 aromatic heterocycles. The van der Waals surface area contributed by atoms with Gasteiger partial charge < -0.3 is 14.9 Å². The van der Waals surface area contributed by atoms with Gasteiger partial charge in [-0.05, 0) is 27.6 Å². The standard InChI is InChI=1S/C8H9Br3O3/c1-14-3-4-2-5(12)8(11,13)7(10)6(4)9/h2,7,12-13H,3H2,1H3. The van der Waals surface area contributed by atoms with E-state index in [1.807, 2.05) is 0 Å². The van der Waals surface area contributed by atoms with E-state index in [-0.39, 0.29) is 5.76 Å². The lowest BCUT2D eigenvalue weighted by Gasteiger charge is -2.30. The first-order valence-electron chi connectivity index (χ1n) is 3.75. The number of ether oxygens (including phenoxy) is 1. The maximum Gasteiger partial charge on any atom is 0.193 e. The smallest absolute Gasteiger partial charge is 0.193 e. The molecule has 0 saturated carbocycles. The molecule has 0 aromatic rings. The van der Waals surface area contributed by atoms with Crippen LogP contribution >= 0.6 is 47.8 Å². The first kappa shape index (κ1) is 12.7. The molecule has 2 N–H and O–H groups in total. The zero-order valence-electron chi connectivity index (χ0n) is 7.30. The summed E-state index contributed by atoms with van der Waals surface area (Å²) in [6.45, 7) is 0.371. The number of alkyl halides is 2. The second-order valence-corrected chi connectivity index (χ2v) is 5.85. The van der Waals surface area contributed by atoms with Crippen LogP contribution in [-0.2, 0) is 4.74 Å². The molecule has 0 aromatic carbocycles. The van der Waals surface area contributed by atoms with Crippen molar-refractivity contribution in [1.82, 2.24) is 0 Å². The molecule has 2 unspecified atom stereocenters. The molecule has 3 nitrogen and oxygen atoms in total. The predicted octanol–water partition coefficient (Wildman–Crippen LogP) is 2.58. The van der Waals surface area contributed by atoms with Crippen LogP contribution in [0.2, 0.25) is 0 Å². The van der Waals surface area contributed by atoms with Crippen LogP contribution in [0.1, 0.15) is 0 Å². The Kier molecular flexibility index (Phi) is 4.22. The van der Waals surface area contributed by atoms with Gasteiger partial charge in [-0.15, -0.1) is 0 Å². The molecule has 80 valence electrons. The van der Waals surface area contributed by atoms with Gasteiger partial charge in [-0.25, -0.2) is 0 Å². The fourth-order valence-corrected chi connectivity index (χ4v) is 2.80. The summed E-state index contributed by atoms with van der Waals surface area (Å²) in [5, 5.41) is 19.4. The molecule has 0 amide bonds. The van der Waals surface area contributed by atoms with E-state index in [1.54, 1.807) is 7.11 Å². The van der Waals surface area contributed by atoms with Crippen LogP contribution < -0.4 is 0 Å². The van der Waals surface area contributed by atoms with Crippen LogP contribution in [0, 0.1) is 0 Å². The van der Waals surface area contributed by atoms with E-state index >= 15 is 0 Å². The van der Waals surface area contributed by atoms with Crippen molar-refractivity contribution in [3.05, 3.63) is 21.9 Å². The molecule has 1 aliphatic rings. The number of rotatable bonds is 2. The van der Waals surface area contributed by atoms with Crippen molar-refractivity contribution in [1.29, 1.82) is 0 Å². The Labute approximate surface area is 107 Å². The van der Waals surface area contributed by atoms with E-state index in [1.165, 1.54) is 6.08 Å². The topological polar surface area (TPSA) is 49.7 Å². The predicted molar refractivity (Wildman–Crippen MR) is 65.1 cm³/mol. The lowest BCUT2D eigenvalue weighted by molar-refractivity contribution is 0.131. The summed E-state index contributed by atoms with van der Waals surface area (Å²) < 4.78 is 4.23. The van der Waals surface area contributed by atoms with E-state index in [4.69, 9.17) is 4.74 Å². The minimum atomic E-state index is -1.47. The van der Waals surface area contributed by atoms with Gasteiger partial charge in [0.2, 0.25) is 0 Å². The molecule has 0 radical (unpaired) electrons. The quantitative estimate of drug-likeness (QED) is 0.710. The minimum absolute atomic E-state index is 0.144. The second-order valence-electron chi connectivity index (χ2n) is 2.87. The van der Waals surface area contributed by atoms with Gasteiger partial charge in [-0.3, -0.25) is 0 Å². The average Bonchev–Trinajstić information content (AvgIpc) is 2.12. The SMILES string of the molecule is COCC1=C(Br)C(Br)C(O)(Br)C(O)=C1. The molecule has 1 aliphatic carbocycles. The van der Waals surface area contributed by atoms with Crippen molar-refractivity contribution < 1.29 is 14.9 Å². The van der Waals surface area contributed by atoms with Crippen LogP contribution in [0.4, 0.5) is 0 Å². The van der Waals surface area contributed by atoms with E-state index in [2.05, 4.69) is 47.8 Å². The van der Waals surface area contributed by atoms with E-state index in [9.17, 15) is 10.2 Å². The second kappa shape index (κ2) is 4.65. The summed E-state index contributed by atoms with van der Waals surface area (Å²) in [5.41, 5.74) is 0.788. The van der Waals surface area contributed by atoms with Gasteiger partial charge in [0.25, 0.3) is 0 Å². The van der Waals surface area contributed by atoms with Crippen LogP contribution in [0.25, 0.3) is 0 Å². The molecule has 6 heteroatoms. The van der Waals surface area contributed by atoms with Crippen molar-refractivity contribution in [2.24, 2.45) is 0 Å². The van der Waals surface area contributed by atoms with Crippen LogP contribution in [0.15, 0.2) is 21.9 Å². The van der Waals surface area contributed by atoms with Gasteiger partial charge in [0.05, 0.1) is 11.4 Å². The van der Waals surface area contributed by atoms with E-state index in [0.29, 0.717) is 6.61 Å². The number of aliphatic hydroxyl groups is 2. The largest absolute Gasteiger partial charge is 0.508 e. The van der Waals surface area contributed by atoms with Crippen molar-refractivity contribution >= 4 is 47.8 Å². The van der Waals surface area contributed by atoms with Crippen LogP contribution in [0.3, 0.4) is 0 Å². The summed E-state index contributed by atoms with van der Waals surface area (Å²) in [7, 11) is 1.57. The number of hydrogen-bond acceptors (Lipinski definition) is 3. The Balaban J connectivity index is 3.06. The van der Waals surface area contributed by atoms with Gasteiger partial charge in [-0.2, -0.15) is 0 Å². The maximum absolute atomic E-state index is 9.81. The normalized spacial score (nSPS) is 33.2. The summed E-state index contributed by atoms with van der Waals surface area (Å²) in [6, 6.07) is 0. The Bertz CT molecular complexity index is 296. The monoisotopic (exact) mass is 390 g/mol. The number of hydrogen-bond donors (Lipinski definition) is 2. The van der Waals surface area contributed by atoms with E-state index in [0.717, 1.165) is 10.1 Å². The minimum Gasteiger partial charge on any atom is -0.508 e. The molecule has 2 atom stereocenters. The van der Waals surface area contributed by atoms with E-state index < -0.39 is 9.34 Å². The highest BCUT2D eigenvalue weighted by Gasteiger charge is 2.42. The molecule has 0 heterocycles. The van der Waals surface area contributed by atoms with Crippen molar-refractivity contribution in [2.75, 3.05) is 13.7 Å². The van der Waals surface area contributed by atoms with Gasteiger partial charge in [0, 0.05) is 11.6 Å². The summed E-state index contributed by atoms with van der Waals surface area (Å²) in [4.78, 5) is -0.440. The molecule has 0 fully saturated rings. The Hall–Kier alpha value is 0.640. The maximum atomic E-state index is 9.81. The zero-order chi connectivity index (χ0) is 10.9. The molecule has 1 rings (SSSR count). The Morgan fingerprint density at radius 3 is 2.71 bits per heavy atom. The van der Waals surface area contributed by atoms with Gasteiger partial charge in [0.1, 0.15) is 5.76 Å². The summed E-state index contributed by atoms with van der Waals surface area (Å²) >= 11 is 9.63. The average molecular weight is 393 g/mol. The highest BCUT2D eigenvalue weighted by Crippen LogP contribution is 2.43. The van der Waals surface area contributed by atoms with Crippen molar-refractivity contribution in [3.8, 4) is 0 Å². The number of halogens is 3. The summed E-state index contributed by atoms with van der Waals surface area (Å²) in [6.07, 6.45) is 1.47. The van der Waals surface area contributed by atoms with Crippen molar-refractivity contribution in [3.63, 3.8) is 0 Å². The third kappa shape index (κ3) is 2.24. The molecular weight excluding hydrogens is 384 g/mol. The van der Waals surface area contributed by atoms with Crippen molar-refractivity contribution in [2.45, 2.75) is 9.34 Å². The fraction of sp³-hybridized carbons (Fsp3) is 0.500.